The highest BCUT2D eigenvalue weighted by Gasteiger charge is 2.19. The average Bonchev–Trinajstić information content (AvgIpc) is 2.27. The van der Waals surface area contributed by atoms with E-state index in [2.05, 4.69) is 10.3 Å². The second-order valence-corrected chi connectivity index (χ2v) is 4.15. The van der Waals surface area contributed by atoms with Crippen molar-refractivity contribution in [3.8, 4) is 0 Å². The lowest BCUT2D eigenvalue weighted by Gasteiger charge is -2.17. The van der Waals surface area contributed by atoms with E-state index in [1.807, 2.05) is 26.8 Å². The van der Waals surface area contributed by atoms with Gasteiger partial charge in [-0.3, -0.25) is 9.78 Å². The van der Waals surface area contributed by atoms with E-state index < -0.39 is 6.04 Å². The van der Waals surface area contributed by atoms with Gasteiger partial charge in [0, 0.05) is 6.20 Å². The molecule has 0 bridgehead atoms. The van der Waals surface area contributed by atoms with Crippen molar-refractivity contribution < 1.29 is 4.79 Å². The number of aromatic nitrogens is 1. The number of aryl methyl sites for hydroxylation is 1. The largest absolute Gasteiger partial charge is 0.323 e. The highest BCUT2D eigenvalue weighted by atomic mass is 16.2. The standard InChI is InChI=1S/C12H19N3O/c1-4-9(3)11(13)12(16)15-10-5-8(2)6-14-7-10/h5-7,9,11H,4,13H2,1-3H3,(H,15,16)/t9-,11-/m0/s1. The van der Waals surface area contributed by atoms with Crippen LogP contribution in [0.3, 0.4) is 0 Å². The molecule has 0 aliphatic heterocycles. The minimum absolute atomic E-state index is 0.151. The zero-order chi connectivity index (χ0) is 12.1. The number of nitrogens with two attached hydrogens (primary N) is 1. The lowest BCUT2D eigenvalue weighted by Crippen LogP contribution is -2.40. The van der Waals surface area contributed by atoms with Crippen LogP contribution >= 0.6 is 0 Å². The molecule has 4 heteroatoms. The smallest absolute Gasteiger partial charge is 0.241 e. The quantitative estimate of drug-likeness (QED) is 0.813. The summed E-state index contributed by atoms with van der Waals surface area (Å²) in [5.74, 6) is 0.0273. The highest BCUT2D eigenvalue weighted by Crippen LogP contribution is 2.10. The molecule has 0 unspecified atom stereocenters. The van der Waals surface area contributed by atoms with Crippen LogP contribution in [0.5, 0.6) is 0 Å². The Balaban J connectivity index is 2.64. The van der Waals surface area contributed by atoms with E-state index >= 15 is 0 Å². The first kappa shape index (κ1) is 12.6. The summed E-state index contributed by atoms with van der Waals surface area (Å²) in [6, 6.07) is 1.40. The van der Waals surface area contributed by atoms with Crippen LogP contribution in [0.1, 0.15) is 25.8 Å². The van der Waals surface area contributed by atoms with Crippen molar-refractivity contribution in [3.63, 3.8) is 0 Å². The van der Waals surface area contributed by atoms with Crippen molar-refractivity contribution in [2.45, 2.75) is 33.2 Å². The third kappa shape index (κ3) is 3.31. The molecule has 4 nitrogen and oxygen atoms in total. The molecule has 0 aliphatic carbocycles. The lowest BCUT2D eigenvalue weighted by atomic mass is 9.99. The number of carbonyl (C=O) groups excluding carboxylic acids is 1. The molecule has 1 aromatic heterocycles. The first-order valence-electron chi connectivity index (χ1n) is 5.52. The Labute approximate surface area is 96.3 Å². The molecule has 0 fully saturated rings. The number of hydrogen-bond donors (Lipinski definition) is 2. The van der Waals surface area contributed by atoms with Crippen molar-refractivity contribution in [2.75, 3.05) is 5.32 Å². The molecule has 0 radical (unpaired) electrons. The van der Waals surface area contributed by atoms with Gasteiger partial charge in [-0.2, -0.15) is 0 Å². The summed E-state index contributed by atoms with van der Waals surface area (Å²) in [4.78, 5) is 15.8. The lowest BCUT2D eigenvalue weighted by molar-refractivity contribution is -0.118. The average molecular weight is 221 g/mol. The van der Waals surface area contributed by atoms with E-state index in [1.54, 1.807) is 12.4 Å². The molecule has 0 saturated carbocycles. The van der Waals surface area contributed by atoms with Gasteiger partial charge in [0.25, 0.3) is 0 Å². The Hall–Kier alpha value is -1.42. The molecule has 1 heterocycles. The van der Waals surface area contributed by atoms with Gasteiger partial charge < -0.3 is 11.1 Å². The third-order valence-corrected chi connectivity index (χ3v) is 2.70. The maximum atomic E-state index is 11.8. The SMILES string of the molecule is CC[C@H](C)[C@H](N)C(=O)Nc1cncc(C)c1. The van der Waals surface area contributed by atoms with Crippen LogP contribution in [-0.4, -0.2) is 16.9 Å². The molecule has 0 aliphatic rings. The second-order valence-electron chi connectivity index (χ2n) is 4.15. The molecule has 1 aromatic rings. The van der Waals surface area contributed by atoms with Gasteiger partial charge in [0.05, 0.1) is 17.9 Å². The van der Waals surface area contributed by atoms with E-state index in [-0.39, 0.29) is 11.8 Å². The predicted octanol–water partition coefficient (Wildman–Crippen LogP) is 1.70. The van der Waals surface area contributed by atoms with Crippen molar-refractivity contribution in [1.29, 1.82) is 0 Å². The molecule has 1 rings (SSSR count). The van der Waals surface area contributed by atoms with Crippen LogP contribution in [0.4, 0.5) is 5.69 Å². The summed E-state index contributed by atoms with van der Waals surface area (Å²) in [7, 11) is 0. The van der Waals surface area contributed by atoms with Gasteiger partial charge >= 0.3 is 0 Å². The summed E-state index contributed by atoms with van der Waals surface area (Å²) in [5.41, 5.74) is 7.53. The number of pyridine rings is 1. The van der Waals surface area contributed by atoms with Crippen LogP contribution in [0.2, 0.25) is 0 Å². The zero-order valence-electron chi connectivity index (χ0n) is 10.0. The summed E-state index contributed by atoms with van der Waals surface area (Å²) < 4.78 is 0. The fourth-order valence-corrected chi connectivity index (χ4v) is 1.36. The van der Waals surface area contributed by atoms with Crippen LogP contribution in [0.25, 0.3) is 0 Å². The predicted molar refractivity (Wildman–Crippen MR) is 65.0 cm³/mol. The van der Waals surface area contributed by atoms with Gasteiger partial charge in [-0.05, 0) is 24.5 Å². The number of anilines is 1. The fraction of sp³-hybridized carbons (Fsp3) is 0.500. The van der Waals surface area contributed by atoms with Crippen molar-refractivity contribution in [2.24, 2.45) is 11.7 Å². The Morgan fingerprint density at radius 3 is 2.81 bits per heavy atom. The highest BCUT2D eigenvalue weighted by molar-refractivity contribution is 5.94. The molecule has 0 spiro atoms. The molecule has 0 aromatic carbocycles. The van der Waals surface area contributed by atoms with Gasteiger partial charge in [-0.1, -0.05) is 20.3 Å². The van der Waals surface area contributed by atoms with E-state index in [1.165, 1.54) is 0 Å². The summed E-state index contributed by atoms with van der Waals surface area (Å²) in [6.45, 7) is 5.92. The van der Waals surface area contributed by atoms with Crippen LogP contribution in [0.15, 0.2) is 18.5 Å². The first-order valence-corrected chi connectivity index (χ1v) is 5.52. The number of amides is 1. The van der Waals surface area contributed by atoms with E-state index in [0.717, 1.165) is 12.0 Å². The molecule has 1 amide bonds. The summed E-state index contributed by atoms with van der Waals surface area (Å²) in [6.07, 6.45) is 4.25. The van der Waals surface area contributed by atoms with Gasteiger partial charge in [-0.25, -0.2) is 0 Å². The van der Waals surface area contributed by atoms with Gasteiger partial charge in [0.15, 0.2) is 0 Å². The Morgan fingerprint density at radius 2 is 2.25 bits per heavy atom. The normalized spacial score (nSPS) is 14.2. The number of nitrogens with zero attached hydrogens (tertiary/aromatic N) is 1. The Morgan fingerprint density at radius 1 is 1.56 bits per heavy atom. The number of nitrogens with one attached hydrogen (secondary N) is 1. The fourth-order valence-electron chi connectivity index (χ4n) is 1.36. The molecule has 88 valence electrons. The Bertz CT molecular complexity index is 365. The first-order chi connectivity index (χ1) is 7.54. The van der Waals surface area contributed by atoms with Crippen molar-refractivity contribution in [3.05, 3.63) is 24.0 Å². The van der Waals surface area contributed by atoms with E-state index in [9.17, 15) is 4.79 Å². The number of hydrogen-bond acceptors (Lipinski definition) is 3. The second kappa shape index (κ2) is 5.61. The van der Waals surface area contributed by atoms with Crippen LogP contribution in [0, 0.1) is 12.8 Å². The number of rotatable bonds is 4. The van der Waals surface area contributed by atoms with Crippen LogP contribution < -0.4 is 11.1 Å². The molecule has 0 saturated heterocycles. The van der Waals surface area contributed by atoms with Crippen LogP contribution in [-0.2, 0) is 4.79 Å². The molecule has 3 N–H and O–H groups in total. The van der Waals surface area contributed by atoms with Gasteiger partial charge in [-0.15, -0.1) is 0 Å². The van der Waals surface area contributed by atoms with Crippen molar-refractivity contribution in [1.82, 2.24) is 4.98 Å². The number of carbonyl (C=O) groups is 1. The maximum Gasteiger partial charge on any atom is 0.241 e. The van der Waals surface area contributed by atoms with E-state index in [4.69, 9.17) is 5.73 Å². The molecule has 2 atom stereocenters. The zero-order valence-corrected chi connectivity index (χ0v) is 10.0. The third-order valence-electron chi connectivity index (χ3n) is 2.70. The minimum atomic E-state index is -0.467. The molecular weight excluding hydrogens is 202 g/mol. The minimum Gasteiger partial charge on any atom is -0.323 e. The molecule has 16 heavy (non-hydrogen) atoms. The van der Waals surface area contributed by atoms with Crippen molar-refractivity contribution >= 4 is 11.6 Å². The van der Waals surface area contributed by atoms with E-state index in [0.29, 0.717) is 5.69 Å². The van der Waals surface area contributed by atoms with Gasteiger partial charge in [0.2, 0.25) is 5.91 Å². The summed E-state index contributed by atoms with van der Waals surface area (Å²) >= 11 is 0. The maximum absolute atomic E-state index is 11.8. The Kier molecular flexibility index (Phi) is 4.43. The molecular formula is C12H19N3O. The van der Waals surface area contributed by atoms with Gasteiger partial charge in [0.1, 0.15) is 0 Å². The topological polar surface area (TPSA) is 68.0 Å². The monoisotopic (exact) mass is 221 g/mol. The summed E-state index contributed by atoms with van der Waals surface area (Å²) in [5, 5.41) is 2.77.